The summed E-state index contributed by atoms with van der Waals surface area (Å²) in [5, 5.41) is 11.4. The monoisotopic (exact) mass is 265 g/mol. The third-order valence-electron chi connectivity index (χ3n) is 2.60. The number of sulfonamides is 1. The topological polar surface area (TPSA) is 99.1 Å². The van der Waals surface area contributed by atoms with Gasteiger partial charge in [-0.05, 0) is 12.1 Å². The number of nitrogens with zero attached hydrogens (tertiary/aromatic N) is 1. The summed E-state index contributed by atoms with van der Waals surface area (Å²) in [5.41, 5.74) is 0.0854. The maximum Gasteiger partial charge on any atom is 0.242 e. The molecule has 1 amide bonds. The molecule has 7 heteroatoms. The highest BCUT2D eigenvalue weighted by molar-refractivity contribution is 7.89. The molecule has 6 nitrogen and oxygen atoms in total. The highest BCUT2D eigenvalue weighted by Gasteiger charge is 2.27. The number of amides is 1. The molecule has 1 fully saturated rings. The Morgan fingerprint density at radius 2 is 2.11 bits per heavy atom. The third-order valence-corrected chi connectivity index (χ3v) is 4.17. The van der Waals surface area contributed by atoms with E-state index in [-0.39, 0.29) is 29.3 Å². The smallest absolute Gasteiger partial charge is 0.242 e. The number of carbonyl (C=O) groups excluding carboxylic acids is 1. The fraction of sp³-hybridized carbons (Fsp3) is 0.273. The van der Waals surface area contributed by atoms with Crippen molar-refractivity contribution in [3.05, 3.63) is 29.8 Å². The minimum atomic E-state index is -3.77. The fourth-order valence-electron chi connectivity index (χ4n) is 1.76. The van der Waals surface area contributed by atoms with Crippen LogP contribution in [0.4, 0.5) is 0 Å². The van der Waals surface area contributed by atoms with Gasteiger partial charge in [0.1, 0.15) is 6.07 Å². The Bertz CT molecular complexity index is 619. The van der Waals surface area contributed by atoms with Crippen molar-refractivity contribution in [3.8, 4) is 6.07 Å². The summed E-state index contributed by atoms with van der Waals surface area (Å²) in [4.78, 5) is 10.9. The summed E-state index contributed by atoms with van der Waals surface area (Å²) in [6, 6.07) is 7.32. The lowest BCUT2D eigenvalue weighted by atomic mass is 10.2. The minimum Gasteiger partial charge on any atom is -0.354 e. The van der Waals surface area contributed by atoms with Crippen LogP contribution in [0.2, 0.25) is 0 Å². The molecule has 0 aliphatic carbocycles. The molecule has 0 bridgehead atoms. The van der Waals surface area contributed by atoms with Crippen molar-refractivity contribution >= 4 is 15.9 Å². The molecule has 1 aliphatic heterocycles. The first-order valence-corrected chi connectivity index (χ1v) is 6.79. The first-order chi connectivity index (χ1) is 8.53. The van der Waals surface area contributed by atoms with E-state index in [1.54, 1.807) is 12.1 Å². The van der Waals surface area contributed by atoms with Gasteiger partial charge < -0.3 is 5.32 Å². The number of hydrogen-bond donors (Lipinski definition) is 2. The van der Waals surface area contributed by atoms with Crippen molar-refractivity contribution in [3.63, 3.8) is 0 Å². The zero-order valence-corrected chi connectivity index (χ0v) is 10.2. The molecule has 2 N–H and O–H groups in total. The predicted octanol–water partition coefficient (Wildman–Crippen LogP) is -0.275. The average Bonchev–Trinajstić information content (AvgIpc) is 2.74. The van der Waals surface area contributed by atoms with E-state index in [0.29, 0.717) is 0 Å². The number of hydrogen-bond acceptors (Lipinski definition) is 4. The largest absolute Gasteiger partial charge is 0.354 e. The molecule has 1 aliphatic rings. The van der Waals surface area contributed by atoms with E-state index >= 15 is 0 Å². The SMILES string of the molecule is N#Cc1ccccc1S(=O)(=O)NC1CNC(=O)C1. The Morgan fingerprint density at radius 1 is 1.39 bits per heavy atom. The van der Waals surface area contributed by atoms with Crippen molar-refractivity contribution in [2.24, 2.45) is 0 Å². The zero-order valence-electron chi connectivity index (χ0n) is 9.38. The standard InChI is InChI=1S/C11H11N3O3S/c12-6-8-3-1-2-4-10(8)18(16,17)14-9-5-11(15)13-7-9/h1-4,9,14H,5,7H2,(H,13,15). The van der Waals surface area contributed by atoms with Crippen LogP contribution in [0.5, 0.6) is 0 Å². The van der Waals surface area contributed by atoms with Crippen LogP contribution in [-0.2, 0) is 14.8 Å². The van der Waals surface area contributed by atoms with Gasteiger partial charge >= 0.3 is 0 Å². The highest BCUT2D eigenvalue weighted by atomic mass is 32.2. The molecule has 1 heterocycles. The number of nitriles is 1. The van der Waals surface area contributed by atoms with Gasteiger partial charge in [0.15, 0.2) is 0 Å². The van der Waals surface area contributed by atoms with Gasteiger partial charge in [-0.15, -0.1) is 0 Å². The molecule has 0 saturated carbocycles. The van der Waals surface area contributed by atoms with Gasteiger partial charge in [0.05, 0.1) is 10.5 Å². The van der Waals surface area contributed by atoms with E-state index in [4.69, 9.17) is 5.26 Å². The van der Waals surface area contributed by atoms with Crippen LogP contribution in [0.1, 0.15) is 12.0 Å². The molecule has 0 radical (unpaired) electrons. The van der Waals surface area contributed by atoms with E-state index in [0.717, 1.165) is 0 Å². The molecule has 94 valence electrons. The second-order valence-corrected chi connectivity index (χ2v) is 5.62. The maximum absolute atomic E-state index is 12.1. The molecule has 1 aromatic carbocycles. The van der Waals surface area contributed by atoms with Crippen LogP contribution in [-0.4, -0.2) is 26.9 Å². The van der Waals surface area contributed by atoms with E-state index in [2.05, 4.69) is 10.0 Å². The molecule has 0 aromatic heterocycles. The summed E-state index contributed by atoms with van der Waals surface area (Å²) >= 11 is 0. The molecular formula is C11H11N3O3S. The van der Waals surface area contributed by atoms with Crippen LogP contribution in [0.25, 0.3) is 0 Å². The van der Waals surface area contributed by atoms with Crippen molar-refractivity contribution in [2.45, 2.75) is 17.4 Å². The van der Waals surface area contributed by atoms with E-state index < -0.39 is 16.1 Å². The van der Waals surface area contributed by atoms with Gasteiger partial charge in [-0.1, -0.05) is 12.1 Å². The molecule has 0 spiro atoms. The van der Waals surface area contributed by atoms with Crippen LogP contribution >= 0.6 is 0 Å². The van der Waals surface area contributed by atoms with Gasteiger partial charge in [-0.3, -0.25) is 4.79 Å². The maximum atomic E-state index is 12.1. The normalized spacial score (nSPS) is 19.3. The summed E-state index contributed by atoms with van der Waals surface area (Å²) in [7, 11) is -3.77. The quantitative estimate of drug-likeness (QED) is 0.785. The summed E-state index contributed by atoms with van der Waals surface area (Å²) in [6.45, 7) is 0.271. The molecule has 18 heavy (non-hydrogen) atoms. The number of rotatable bonds is 3. The van der Waals surface area contributed by atoms with Crippen LogP contribution in [0.3, 0.4) is 0 Å². The van der Waals surface area contributed by atoms with Crippen LogP contribution in [0, 0.1) is 11.3 Å². The van der Waals surface area contributed by atoms with Gasteiger partial charge in [-0.25, -0.2) is 13.1 Å². The van der Waals surface area contributed by atoms with Gasteiger partial charge in [0, 0.05) is 19.0 Å². The first-order valence-electron chi connectivity index (χ1n) is 5.31. The van der Waals surface area contributed by atoms with Crippen molar-refractivity contribution in [2.75, 3.05) is 6.54 Å². The Hall–Kier alpha value is -1.91. The molecule has 1 atom stereocenters. The van der Waals surface area contributed by atoms with Gasteiger partial charge in [-0.2, -0.15) is 5.26 Å². The predicted molar refractivity (Wildman–Crippen MR) is 62.9 cm³/mol. The minimum absolute atomic E-state index is 0.0631. The summed E-state index contributed by atoms with van der Waals surface area (Å²) in [6.07, 6.45) is 0.119. The van der Waals surface area contributed by atoms with Crippen LogP contribution in [0.15, 0.2) is 29.2 Å². The zero-order chi connectivity index (χ0) is 13.2. The molecule has 1 aromatic rings. The number of benzene rings is 1. The van der Waals surface area contributed by atoms with E-state index in [1.165, 1.54) is 12.1 Å². The average molecular weight is 265 g/mol. The summed E-state index contributed by atoms with van der Waals surface area (Å²) in [5.74, 6) is -0.184. The fourth-order valence-corrected chi connectivity index (χ4v) is 3.16. The highest BCUT2D eigenvalue weighted by Crippen LogP contribution is 2.15. The Kier molecular flexibility index (Phi) is 3.32. The lowest BCUT2D eigenvalue weighted by Gasteiger charge is -2.11. The Morgan fingerprint density at radius 3 is 2.72 bits per heavy atom. The number of carbonyl (C=O) groups is 1. The first kappa shape index (κ1) is 12.5. The third kappa shape index (κ3) is 2.50. The molecule has 1 unspecified atom stereocenters. The molecule has 2 rings (SSSR count). The van der Waals surface area contributed by atoms with E-state index in [1.807, 2.05) is 6.07 Å². The van der Waals surface area contributed by atoms with Crippen LogP contribution < -0.4 is 10.0 Å². The van der Waals surface area contributed by atoms with Crippen molar-refractivity contribution in [1.82, 2.24) is 10.0 Å². The molecule has 1 saturated heterocycles. The van der Waals surface area contributed by atoms with Crippen molar-refractivity contribution in [1.29, 1.82) is 5.26 Å². The molecular weight excluding hydrogens is 254 g/mol. The van der Waals surface area contributed by atoms with Gasteiger partial charge in [0.25, 0.3) is 0 Å². The summed E-state index contributed by atoms with van der Waals surface area (Å²) < 4.78 is 26.6. The lowest BCUT2D eigenvalue weighted by Crippen LogP contribution is -2.36. The Balaban J connectivity index is 2.26. The lowest BCUT2D eigenvalue weighted by molar-refractivity contribution is -0.119. The van der Waals surface area contributed by atoms with E-state index in [9.17, 15) is 13.2 Å². The Labute approximate surface area is 105 Å². The van der Waals surface area contributed by atoms with Gasteiger partial charge in [0.2, 0.25) is 15.9 Å². The number of nitrogens with one attached hydrogen (secondary N) is 2. The van der Waals surface area contributed by atoms with Crippen molar-refractivity contribution < 1.29 is 13.2 Å². The second kappa shape index (κ2) is 4.76. The second-order valence-electron chi connectivity index (χ2n) is 3.93.